The van der Waals surface area contributed by atoms with Gasteiger partial charge >= 0.3 is 0 Å². The van der Waals surface area contributed by atoms with Crippen molar-refractivity contribution in [3.05, 3.63) is 0 Å². The van der Waals surface area contributed by atoms with Crippen LogP contribution in [0.4, 0.5) is 0 Å². The predicted molar refractivity (Wildman–Crippen MR) is 69.1 cm³/mol. The van der Waals surface area contributed by atoms with E-state index in [1.165, 1.54) is 38.6 Å². The number of likely N-dealkylation sites (tertiary alicyclic amines) is 1. The minimum absolute atomic E-state index is 0.145. The standard InChI is InChI=1S/C14H27NO2/c1-2-5-13-6-3-4-8-15(13)10-12-11-17-9-7-14(12)16/h12-14,16H,2-11H2,1H3. The summed E-state index contributed by atoms with van der Waals surface area (Å²) < 4.78 is 5.50. The molecule has 3 nitrogen and oxygen atoms in total. The van der Waals surface area contributed by atoms with Crippen molar-refractivity contribution in [1.29, 1.82) is 0 Å². The Hall–Kier alpha value is -0.120. The van der Waals surface area contributed by atoms with Crippen molar-refractivity contribution >= 4 is 0 Å². The molecule has 2 aliphatic heterocycles. The van der Waals surface area contributed by atoms with Crippen LogP contribution in [0.1, 0.15) is 45.4 Å². The summed E-state index contributed by atoms with van der Waals surface area (Å²) in [7, 11) is 0. The zero-order valence-corrected chi connectivity index (χ0v) is 11.1. The van der Waals surface area contributed by atoms with Crippen LogP contribution < -0.4 is 0 Å². The zero-order chi connectivity index (χ0) is 12.1. The lowest BCUT2D eigenvalue weighted by Crippen LogP contribution is -2.47. The van der Waals surface area contributed by atoms with E-state index in [9.17, 15) is 5.11 Å². The summed E-state index contributed by atoms with van der Waals surface area (Å²) in [5.74, 6) is 0.334. The molecule has 0 amide bonds. The second-order valence-electron chi connectivity index (χ2n) is 5.62. The van der Waals surface area contributed by atoms with E-state index < -0.39 is 0 Å². The summed E-state index contributed by atoms with van der Waals surface area (Å²) in [4.78, 5) is 2.61. The van der Waals surface area contributed by atoms with E-state index in [2.05, 4.69) is 11.8 Å². The highest BCUT2D eigenvalue weighted by atomic mass is 16.5. The van der Waals surface area contributed by atoms with E-state index in [1.54, 1.807) is 0 Å². The van der Waals surface area contributed by atoms with Gasteiger partial charge in [0.25, 0.3) is 0 Å². The number of piperidine rings is 1. The lowest BCUT2D eigenvalue weighted by atomic mass is 9.93. The van der Waals surface area contributed by atoms with Gasteiger partial charge in [0, 0.05) is 25.1 Å². The van der Waals surface area contributed by atoms with Crippen LogP contribution in [0.15, 0.2) is 0 Å². The summed E-state index contributed by atoms with van der Waals surface area (Å²) in [6.07, 6.45) is 7.30. The average Bonchev–Trinajstić information content (AvgIpc) is 2.35. The van der Waals surface area contributed by atoms with Gasteiger partial charge in [0.1, 0.15) is 0 Å². The van der Waals surface area contributed by atoms with Crippen molar-refractivity contribution in [2.24, 2.45) is 5.92 Å². The third-order valence-corrected chi connectivity index (χ3v) is 4.27. The molecule has 0 aliphatic carbocycles. The molecule has 0 aromatic carbocycles. The highest BCUT2D eigenvalue weighted by Gasteiger charge is 2.29. The Morgan fingerprint density at radius 3 is 2.94 bits per heavy atom. The molecule has 2 rings (SSSR count). The second kappa shape index (κ2) is 6.72. The topological polar surface area (TPSA) is 32.7 Å². The van der Waals surface area contributed by atoms with E-state index in [0.717, 1.165) is 32.2 Å². The monoisotopic (exact) mass is 241 g/mol. The highest BCUT2D eigenvalue weighted by molar-refractivity contribution is 4.82. The van der Waals surface area contributed by atoms with E-state index in [1.807, 2.05) is 0 Å². The normalized spacial score (nSPS) is 36.0. The molecule has 3 atom stereocenters. The number of nitrogens with zero attached hydrogens (tertiary/aromatic N) is 1. The Morgan fingerprint density at radius 1 is 1.29 bits per heavy atom. The molecule has 0 radical (unpaired) electrons. The maximum atomic E-state index is 10.0. The van der Waals surface area contributed by atoms with Gasteiger partial charge < -0.3 is 9.84 Å². The van der Waals surface area contributed by atoms with Gasteiger partial charge in [-0.1, -0.05) is 19.8 Å². The fourth-order valence-corrected chi connectivity index (χ4v) is 3.22. The molecule has 2 fully saturated rings. The predicted octanol–water partition coefficient (Wildman–Crippen LogP) is 2.04. The van der Waals surface area contributed by atoms with E-state index >= 15 is 0 Å². The molecule has 0 aromatic rings. The Labute approximate surface area is 105 Å². The largest absolute Gasteiger partial charge is 0.393 e. The number of hydrogen-bond acceptors (Lipinski definition) is 3. The number of aliphatic hydroxyl groups excluding tert-OH is 1. The zero-order valence-electron chi connectivity index (χ0n) is 11.1. The van der Waals surface area contributed by atoms with Crippen molar-refractivity contribution in [1.82, 2.24) is 4.90 Å². The summed E-state index contributed by atoms with van der Waals surface area (Å²) in [6.45, 7) is 6.00. The Bertz CT molecular complexity index is 220. The van der Waals surface area contributed by atoms with Gasteiger partial charge in [-0.3, -0.25) is 4.90 Å². The van der Waals surface area contributed by atoms with Gasteiger partial charge in [-0.15, -0.1) is 0 Å². The van der Waals surface area contributed by atoms with Gasteiger partial charge in [-0.25, -0.2) is 0 Å². The molecule has 100 valence electrons. The van der Waals surface area contributed by atoms with E-state index in [4.69, 9.17) is 4.74 Å². The Kier molecular flexibility index (Phi) is 5.26. The molecule has 0 spiro atoms. The molecule has 2 saturated heterocycles. The van der Waals surface area contributed by atoms with Crippen molar-refractivity contribution in [3.8, 4) is 0 Å². The maximum absolute atomic E-state index is 10.0. The second-order valence-corrected chi connectivity index (χ2v) is 5.62. The minimum atomic E-state index is -0.145. The van der Waals surface area contributed by atoms with Crippen LogP contribution in [0.2, 0.25) is 0 Å². The van der Waals surface area contributed by atoms with E-state index in [0.29, 0.717) is 5.92 Å². The third kappa shape index (κ3) is 3.67. The van der Waals surface area contributed by atoms with Gasteiger partial charge in [0.2, 0.25) is 0 Å². The molecule has 0 saturated carbocycles. The highest BCUT2D eigenvalue weighted by Crippen LogP contribution is 2.24. The summed E-state index contributed by atoms with van der Waals surface area (Å²) in [5.41, 5.74) is 0. The van der Waals surface area contributed by atoms with E-state index in [-0.39, 0.29) is 6.10 Å². The van der Waals surface area contributed by atoms with Crippen molar-refractivity contribution in [2.75, 3.05) is 26.3 Å². The fraction of sp³-hybridized carbons (Fsp3) is 1.00. The quantitative estimate of drug-likeness (QED) is 0.817. The third-order valence-electron chi connectivity index (χ3n) is 4.27. The van der Waals surface area contributed by atoms with Gasteiger partial charge in [0.05, 0.1) is 12.7 Å². The first-order valence-corrected chi connectivity index (χ1v) is 7.31. The summed E-state index contributed by atoms with van der Waals surface area (Å²) in [5, 5.41) is 10.0. The molecule has 0 aromatic heterocycles. The van der Waals surface area contributed by atoms with Gasteiger partial charge in [-0.05, 0) is 32.2 Å². The van der Waals surface area contributed by atoms with Gasteiger partial charge in [0.15, 0.2) is 0 Å². The molecule has 1 N–H and O–H groups in total. The van der Waals surface area contributed by atoms with Crippen LogP contribution >= 0.6 is 0 Å². The van der Waals surface area contributed by atoms with Crippen molar-refractivity contribution < 1.29 is 9.84 Å². The summed E-state index contributed by atoms with van der Waals surface area (Å²) >= 11 is 0. The van der Waals surface area contributed by atoms with Crippen molar-refractivity contribution in [2.45, 2.75) is 57.6 Å². The molecular formula is C14H27NO2. The minimum Gasteiger partial charge on any atom is -0.393 e. The lowest BCUT2D eigenvalue weighted by molar-refractivity contribution is -0.0537. The summed E-state index contributed by atoms with van der Waals surface area (Å²) in [6, 6.07) is 0.753. The molecule has 0 bridgehead atoms. The number of aliphatic hydroxyl groups is 1. The molecule has 17 heavy (non-hydrogen) atoms. The van der Waals surface area contributed by atoms with Crippen LogP contribution in [0, 0.1) is 5.92 Å². The SMILES string of the molecule is CCCC1CCCCN1CC1COCCC1O. The maximum Gasteiger partial charge on any atom is 0.0624 e. The first-order chi connectivity index (χ1) is 8.31. The number of rotatable bonds is 4. The van der Waals surface area contributed by atoms with Crippen LogP contribution in [0.3, 0.4) is 0 Å². The van der Waals surface area contributed by atoms with Crippen LogP contribution in [-0.4, -0.2) is 48.5 Å². The molecule has 3 heteroatoms. The Morgan fingerprint density at radius 2 is 2.18 bits per heavy atom. The molecule has 2 aliphatic rings. The molecule has 3 unspecified atom stereocenters. The first kappa shape index (κ1) is 13.3. The number of ether oxygens (including phenoxy) is 1. The molecular weight excluding hydrogens is 214 g/mol. The fourth-order valence-electron chi connectivity index (χ4n) is 3.22. The van der Waals surface area contributed by atoms with Crippen LogP contribution in [0.25, 0.3) is 0 Å². The first-order valence-electron chi connectivity index (χ1n) is 7.31. The van der Waals surface area contributed by atoms with Gasteiger partial charge in [-0.2, -0.15) is 0 Å². The van der Waals surface area contributed by atoms with Crippen LogP contribution in [-0.2, 0) is 4.74 Å². The average molecular weight is 241 g/mol. The van der Waals surface area contributed by atoms with Crippen molar-refractivity contribution in [3.63, 3.8) is 0 Å². The Balaban J connectivity index is 1.85. The smallest absolute Gasteiger partial charge is 0.0624 e. The van der Waals surface area contributed by atoms with Crippen LogP contribution in [0.5, 0.6) is 0 Å². The molecule has 2 heterocycles. The number of hydrogen-bond donors (Lipinski definition) is 1. The lowest BCUT2D eigenvalue weighted by Gasteiger charge is -2.40.